The average molecular weight is 391 g/mol. The summed E-state index contributed by atoms with van der Waals surface area (Å²) in [6.45, 7) is 0. The SMILES string of the molecule is NC(Cc1cc(F)ccc1F)c1cc(Br)ccc1Br. The van der Waals surface area contributed by atoms with Gasteiger partial charge >= 0.3 is 0 Å². The van der Waals surface area contributed by atoms with Crippen molar-refractivity contribution in [1.29, 1.82) is 0 Å². The molecule has 0 aliphatic heterocycles. The first-order valence-electron chi connectivity index (χ1n) is 5.62. The molecule has 0 amide bonds. The third-order valence-electron chi connectivity index (χ3n) is 2.81. The lowest BCUT2D eigenvalue weighted by atomic mass is 9.99. The van der Waals surface area contributed by atoms with Crippen LogP contribution in [0.15, 0.2) is 45.3 Å². The molecule has 0 aliphatic carbocycles. The van der Waals surface area contributed by atoms with Crippen LogP contribution in [-0.2, 0) is 6.42 Å². The van der Waals surface area contributed by atoms with E-state index in [0.29, 0.717) is 0 Å². The minimum atomic E-state index is -0.461. The van der Waals surface area contributed by atoms with Crippen LogP contribution in [0.4, 0.5) is 8.78 Å². The molecule has 0 spiro atoms. The molecule has 0 heterocycles. The van der Waals surface area contributed by atoms with Gasteiger partial charge in [0, 0.05) is 15.0 Å². The number of nitrogens with two attached hydrogens (primary N) is 1. The maximum atomic E-state index is 13.6. The fourth-order valence-electron chi connectivity index (χ4n) is 1.85. The fourth-order valence-corrected chi connectivity index (χ4v) is 2.76. The maximum absolute atomic E-state index is 13.6. The summed E-state index contributed by atoms with van der Waals surface area (Å²) < 4.78 is 28.4. The topological polar surface area (TPSA) is 26.0 Å². The molecular formula is C14H11Br2F2N. The molecule has 1 nitrogen and oxygen atoms in total. The zero-order chi connectivity index (χ0) is 14.0. The maximum Gasteiger partial charge on any atom is 0.126 e. The molecule has 0 bridgehead atoms. The molecule has 2 N–H and O–H groups in total. The van der Waals surface area contributed by atoms with E-state index in [-0.39, 0.29) is 12.0 Å². The molecule has 0 fully saturated rings. The van der Waals surface area contributed by atoms with Gasteiger partial charge in [0.2, 0.25) is 0 Å². The molecule has 5 heteroatoms. The first kappa shape index (κ1) is 14.6. The van der Waals surface area contributed by atoms with E-state index in [1.807, 2.05) is 18.2 Å². The number of hydrogen-bond acceptors (Lipinski definition) is 1. The van der Waals surface area contributed by atoms with E-state index in [2.05, 4.69) is 31.9 Å². The van der Waals surface area contributed by atoms with Gasteiger partial charge in [-0.2, -0.15) is 0 Å². The highest BCUT2D eigenvalue weighted by molar-refractivity contribution is 9.11. The second-order valence-corrected chi connectivity index (χ2v) is 5.98. The highest BCUT2D eigenvalue weighted by Crippen LogP contribution is 2.28. The number of rotatable bonds is 3. The van der Waals surface area contributed by atoms with Crippen LogP contribution >= 0.6 is 31.9 Å². The van der Waals surface area contributed by atoms with Crippen LogP contribution in [0.1, 0.15) is 17.2 Å². The Balaban J connectivity index is 2.27. The van der Waals surface area contributed by atoms with Crippen LogP contribution in [0.3, 0.4) is 0 Å². The highest BCUT2D eigenvalue weighted by Gasteiger charge is 2.14. The molecule has 19 heavy (non-hydrogen) atoms. The lowest BCUT2D eigenvalue weighted by Crippen LogP contribution is -2.15. The summed E-state index contributed by atoms with van der Waals surface area (Å²) >= 11 is 6.77. The van der Waals surface area contributed by atoms with E-state index in [1.54, 1.807) is 0 Å². The lowest BCUT2D eigenvalue weighted by molar-refractivity contribution is 0.572. The van der Waals surface area contributed by atoms with Crippen molar-refractivity contribution in [2.24, 2.45) is 5.73 Å². The van der Waals surface area contributed by atoms with Crippen molar-refractivity contribution < 1.29 is 8.78 Å². The molecule has 100 valence electrons. The Kier molecular flexibility index (Phi) is 4.71. The van der Waals surface area contributed by atoms with Gasteiger partial charge in [-0.1, -0.05) is 31.9 Å². The van der Waals surface area contributed by atoms with Crippen molar-refractivity contribution >= 4 is 31.9 Å². The van der Waals surface area contributed by atoms with Crippen molar-refractivity contribution in [1.82, 2.24) is 0 Å². The molecule has 0 aliphatic rings. The van der Waals surface area contributed by atoms with Gasteiger partial charge in [0.05, 0.1) is 0 Å². The van der Waals surface area contributed by atoms with E-state index in [1.165, 1.54) is 6.07 Å². The van der Waals surface area contributed by atoms with Crippen LogP contribution in [0.25, 0.3) is 0 Å². The normalized spacial score (nSPS) is 12.5. The van der Waals surface area contributed by atoms with Crippen molar-refractivity contribution in [2.45, 2.75) is 12.5 Å². The molecule has 1 unspecified atom stereocenters. The van der Waals surface area contributed by atoms with Gasteiger partial charge in [-0.05, 0) is 53.9 Å². The summed E-state index contributed by atoms with van der Waals surface area (Å²) in [7, 11) is 0. The predicted octanol–water partition coefficient (Wildman–Crippen LogP) is 4.73. The molecule has 2 rings (SSSR count). The van der Waals surface area contributed by atoms with Crippen molar-refractivity contribution in [3.8, 4) is 0 Å². The number of benzene rings is 2. The first-order chi connectivity index (χ1) is 8.97. The summed E-state index contributed by atoms with van der Waals surface area (Å²) in [4.78, 5) is 0. The van der Waals surface area contributed by atoms with Crippen molar-refractivity contribution in [3.05, 3.63) is 68.1 Å². The van der Waals surface area contributed by atoms with Gasteiger partial charge in [0.25, 0.3) is 0 Å². The number of hydrogen-bond donors (Lipinski definition) is 1. The molecule has 0 saturated carbocycles. The first-order valence-corrected chi connectivity index (χ1v) is 7.20. The largest absolute Gasteiger partial charge is 0.324 e. The minimum absolute atomic E-state index is 0.235. The van der Waals surface area contributed by atoms with Gasteiger partial charge in [0.1, 0.15) is 11.6 Å². The van der Waals surface area contributed by atoms with Gasteiger partial charge < -0.3 is 5.73 Å². The third kappa shape index (κ3) is 3.61. The zero-order valence-corrected chi connectivity index (χ0v) is 13.0. The lowest BCUT2D eigenvalue weighted by Gasteiger charge is -2.15. The van der Waals surface area contributed by atoms with Gasteiger partial charge in [-0.25, -0.2) is 8.78 Å². The van der Waals surface area contributed by atoms with Crippen LogP contribution in [0.5, 0.6) is 0 Å². The van der Waals surface area contributed by atoms with Crippen LogP contribution in [-0.4, -0.2) is 0 Å². The summed E-state index contributed by atoms with van der Waals surface area (Å²) in [5, 5.41) is 0. The van der Waals surface area contributed by atoms with E-state index in [4.69, 9.17) is 5.73 Å². The van der Waals surface area contributed by atoms with E-state index in [9.17, 15) is 8.78 Å². The monoisotopic (exact) mass is 389 g/mol. The van der Waals surface area contributed by atoms with Crippen molar-refractivity contribution in [2.75, 3.05) is 0 Å². The Hall–Kier alpha value is -0.780. The van der Waals surface area contributed by atoms with Gasteiger partial charge in [-0.3, -0.25) is 0 Å². The highest BCUT2D eigenvalue weighted by atomic mass is 79.9. The Morgan fingerprint density at radius 3 is 2.53 bits per heavy atom. The second kappa shape index (κ2) is 6.11. The summed E-state index contributed by atoms with van der Waals surface area (Å²) in [5.74, 6) is -0.903. The van der Waals surface area contributed by atoms with Gasteiger partial charge in [0.15, 0.2) is 0 Å². The Morgan fingerprint density at radius 2 is 1.79 bits per heavy atom. The fraction of sp³-hybridized carbons (Fsp3) is 0.143. The third-order valence-corrected chi connectivity index (χ3v) is 4.02. The average Bonchev–Trinajstić information content (AvgIpc) is 2.36. The van der Waals surface area contributed by atoms with Crippen LogP contribution in [0, 0.1) is 11.6 Å². The molecule has 2 aromatic carbocycles. The number of halogens is 4. The zero-order valence-electron chi connectivity index (χ0n) is 9.84. The Morgan fingerprint density at radius 1 is 1.05 bits per heavy atom. The Labute approximate surface area is 127 Å². The molecule has 0 radical (unpaired) electrons. The van der Waals surface area contributed by atoms with E-state index < -0.39 is 17.7 Å². The Bertz CT molecular complexity index is 602. The molecule has 0 aromatic heterocycles. The predicted molar refractivity (Wildman–Crippen MR) is 78.8 cm³/mol. The standard InChI is InChI=1S/C14H11Br2F2N/c15-9-1-3-12(16)11(7-9)14(19)6-8-5-10(17)2-4-13(8)18/h1-5,7,14H,6,19H2. The molecule has 1 atom stereocenters. The summed E-state index contributed by atoms with van der Waals surface area (Å²) in [6.07, 6.45) is 0.235. The quantitative estimate of drug-likeness (QED) is 0.805. The second-order valence-electron chi connectivity index (χ2n) is 4.21. The minimum Gasteiger partial charge on any atom is -0.324 e. The molecule has 0 saturated heterocycles. The van der Waals surface area contributed by atoms with E-state index >= 15 is 0 Å². The van der Waals surface area contributed by atoms with E-state index in [0.717, 1.165) is 26.6 Å². The summed E-state index contributed by atoms with van der Waals surface area (Å²) in [6, 6.07) is 8.59. The molecular weight excluding hydrogens is 380 g/mol. The molecule has 2 aromatic rings. The summed E-state index contributed by atoms with van der Waals surface area (Å²) in [5.41, 5.74) is 7.20. The van der Waals surface area contributed by atoms with Crippen LogP contribution in [0.2, 0.25) is 0 Å². The van der Waals surface area contributed by atoms with Crippen molar-refractivity contribution in [3.63, 3.8) is 0 Å². The van der Waals surface area contributed by atoms with Gasteiger partial charge in [-0.15, -0.1) is 0 Å². The van der Waals surface area contributed by atoms with Crippen LogP contribution < -0.4 is 5.73 Å². The smallest absolute Gasteiger partial charge is 0.126 e.